The lowest BCUT2D eigenvalue weighted by atomic mass is 9.75. The molecule has 0 radical (unpaired) electrons. The molecular weight excluding hydrogens is 384 g/mol. The highest BCUT2D eigenvalue weighted by atomic mass is 14.3. The van der Waals surface area contributed by atoms with Crippen molar-refractivity contribution in [1.29, 1.82) is 0 Å². The summed E-state index contributed by atoms with van der Waals surface area (Å²) < 4.78 is 131. The number of hydrogen-bond donors (Lipinski definition) is 0. The molecule has 0 saturated carbocycles. The molecule has 3 aromatic rings. The summed E-state index contributed by atoms with van der Waals surface area (Å²) in [5, 5.41) is 0. The summed E-state index contributed by atoms with van der Waals surface area (Å²) in [4.78, 5) is 0. The van der Waals surface area contributed by atoms with Crippen LogP contribution in [0.25, 0.3) is 0 Å². The third kappa shape index (κ3) is 4.24. The summed E-state index contributed by atoms with van der Waals surface area (Å²) >= 11 is 0. The van der Waals surface area contributed by atoms with Gasteiger partial charge in [-0.3, -0.25) is 0 Å². The molecule has 5 rings (SSSR count). The minimum atomic E-state index is -1.05. The van der Waals surface area contributed by atoms with Crippen molar-refractivity contribution in [1.82, 2.24) is 0 Å². The minimum Gasteiger partial charge on any atom is -0.0805 e. The Bertz CT molecular complexity index is 1930. The highest BCUT2D eigenvalue weighted by molar-refractivity contribution is 5.47. The Morgan fingerprint density at radius 1 is 0.625 bits per heavy atom. The topological polar surface area (TPSA) is 0 Å². The third-order valence-corrected chi connectivity index (χ3v) is 6.14. The van der Waals surface area contributed by atoms with Crippen LogP contribution in [0.4, 0.5) is 0 Å². The maximum Gasteiger partial charge on any atom is 0.0626 e. The van der Waals surface area contributed by atoms with E-state index in [0.29, 0.717) is 11.1 Å². The van der Waals surface area contributed by atoms with Gasteiger partial charge in [-0.1, -0.05) is 111 Å². The van der Waals surface area contributed by atoms with E-state index in [-0.39, 0.29) is 102 Å². The molecule has 2 unspecified atom stereocenters. The minimum absolute atomic E-state index is 0.101. The zero-order valence-electron chi connectivity index (χ0n) is 33.5. The summed E-state index contributed by atoms with van der Waals surface area (Å²) in [6.07, 6.45) is -0.950. The second-order valence-electron chi connectivity index (χ2n) is 9.38. The Hall–Kier alpha value is -2.86. The van der Waals surface area contributed by atoms with Gasteiger partial charge in [0.15, 0.2) is 0 Å². The molecule has 0 fully saturated rings. The number of hydrogen-bond acceptors (Lipinski definition) is 0. The lowest BCUT2D eigenvalue weighted by Gasteiger charge is -2.29. The molecular formula is C32H34. The maximum absolute atomic E-state index is 9.02. The summed E-state index contributed by atoms with van der Waals surface area (Å²) in [6.45, 7) is 5.46. The number of fused-ring (bicyclic) bond motifs is 4. The molecule has 0 bridgehead atoms. The van der Waals surface area contributed by atoms with Crippen molar-refractivity contribution in [2.75, 3.05) is 0 Å². The Morgan fingerprint density at radius 3 is 1.69 bits per heavy atom. The zero-order chi connectivity index (χ0) is 35.2. The van der Waals surface area contributed by atoms with Crippen LogP contribution in [0.15, 0.2) is 90.7 Å². The van der Waals surface area contributed by atoms with E-state index in [4.69, 9.17) is 20.6 Å². The van der Waals surface area contributed by atoms with Crippen molar-refractivity contribution in [3.63, 3.8) is 0 Å². The maximum atomic E-state index is 9.02. The van der Waals surface area contributed by atoms with Crippen LogP contribution in [0, 0.1) is 11.8 Å². The van der Waals surface area contributed by atoms with Crippen molar-refractivity contribution < 1.29 is 20.6 Å². The second-order valence-corrected chi connectivity index (χ2v) is 9.38. The van der Waals surface area contributed by atoms with Crippen molar-refractivity contribution in [2.24, 2.45) is 11.8 Å². The fourth-order valence-corrected chi connectivity index (χ4v) is 4.47. The first-order valence-corrected chi connectivity index (χ1v) is 10.8. The van der Waals surface area contributed by atoms with Gasteiger partial charge in [-0.05, 0) is 81.9 Å². The van der Waals surface area contributed by atoms with E-state index in [1.165, 1.54) is 0 Å². The van der Waals surface area contributed by atoms with Gasteiger partial charge in [-0.2, -0.15) is 0 Å². The molecule has 0 N–H and O–H groups in total. The van der Waals surface area contributed by atoms with Crippen molar-refractivity contribution in [3.8, 4) is 0 Å². The smallest absolute Gasteiger partial charge is 0.0626 e. The van der Waals surface area contributed by atoms with Crippen molar-refractivity contribution >= 4 is 0 Å². The molecule has 2 aliphatic rings. The molecule has 0 heterocycles. The van der Waals surface area contributed by atoms with Crippen LogP contribution in [0.3, 0.4) is 0 Å². The predicted octanol–water partition coefficient (Wildman–Crippen LogP) is 7.62. The molecule has 2 aliphatic carbocycles. The Kier molecular flexibility index (Phi) is 2.67. The molecule has 2 atom stereocenters. The molecule has 0 nitrogen and oxygen atoms in total. The summed E-state index contributed by atoms with van der Waals surface area (Å²) in [5.41, 5.74) is 0.595. The molecule has 32 heavy (non-hydrogen) atoms. The van der Waals surface area contributed by atoms with E-state index >= 15 is 0 Å². The monoisotopic (exact) mass is 433 g/mol. The fraction of sp³-hybridized carbons (Fsp3) is 0.312. The van der Waals surface area contributed by atoms with E-state index in [9.17, 15) is 0 Å². The van der Waals surface area contributed by atoms with E-state index in [0.717, 1.165) is 0 Å². The van der Waals surface area contributed by atoms with Gasteiger partial charge >= 0.3 is 0 Å². The molecule has 0 spiro atoms. The first-order valence-electron chi connectivity index (χ1n) is 18.3. The molecule has 162 valence electrons. The van der Waals surface area contributed by atoms with Crippen LogP contribution in [-0.4, -0.2) is 0 Å². The second kappa shape index (κ2) is 8.58. The average molecular weight is 434 g/mol. The van der Waals surface area contributed by atoms with Gasteiger partial charge in [0.2, 0.25) is 0 Å². The fourth-order valence-electron chi connectivity index (χ4n) is 4.47. The zero-order valence-corrected chi connectivity index (χ0v) is 18.5. The highest BCUT2D eigenvalue weighted by Crippen LogP contribution is 2.35. The van der Waals surface area contributed by atoms with Gasteiger partial charge in [0.05, 0.1) is 20.6 Å². The summed E-state index contributed by atoms with van der Waals surface area (Å²) in [6, 6.07) is -6.17. The number of allylic oxidation sites excluding steroid dienone is 4. The Morgan fingerprint density at radius 2 is 1.12 bits per heavy atom. The van der Waals surface area contributed by atoms with E-state index < -0.39 is 59.6 Å². The number of benzene rings is 3. The van der Waals surface area contributed by atoms with Crippen LogP contribution in [-0.2, 0) is 31.1 Å². The number of rotatable bonds is 0. The van der Waals surface area contributed by atoms with Gasteiger partial charge < -0.3 is 0 Å². The predicted molar refractivity (Wildman–Crippen MR) is 136 cm³/mol. The first-order chi connectivity index (χ1) is 21.7. The van der Waals surface area contributed by atoms with Gasteiger partial charge in [0.25, 0.3) is 0 Å². The highest BCUT2D eigenvalue weighted by Gasteiger charge is 2.25. The van der Waals surface area contributed by atoms with Crippen LogP contribution < -0.4 is 0 Å². The molecule has 0 amide bonds. The molecule has 0 aromatic heterocycles. The summed E-state index contributed by atoms with van der Waals surface area (Å²) in [7, 11) is 0. The van der Waals surface area contributed by atoms with Crippen LogP contribution in [0.5, 0.6) is 0 Å². The normalized spacial score (nSPS) is 28.0. The Balaban J connectivity index is 2.01. The average Bonchev–Trinajstić information content (AvgIpc) is 3.01. The van der Waals surface area contributed by atoms with Crippen LogP contribution in [0.2, 0.25) is 0 Å². The van der Waals surface area contributed by atoms with Crippen LogP contribution >= 0.6 is 0 Å². The standard InChI is InChI=1S/C32H34/c1-32(2,3)31-18-10-17-29-21-27-15-7-6-13-25(27)19-23-11-4-5-12-24(23)20-26-14-8-9-16-28(26)22-30(29)31/h4-18,23-24H,19-22H2,1-3H3/i4D,5D,6D,7D,8D,9D,10D,11D,12D,13D,14D,15D,16D,17D,18D. The van der Waals surface area contributed by atoms with Crippen molar-refractivity contribution in [3.05, 3.63) is 130 Å². The van der Waals surface area contributed by atoms with Gasteiger partial charge in [-0.15, -0.1) is 0 Å². The molecule has 3 aromatic carbocycles. The van der Waals surface area contributed by atoms with Gasteiger partial charge in [0.1, 0.15) is 0 Å². The molecule has 0 saturated heterocycles. The molecule has 0 heteroatoms. The van der Waals surface area contributed by atoms with Gasteiger partial charge in [-0.25, -0.2) is 0 Å². The largest absolute Gasteiger partial charge is 0.0805 e. The Labute approximate surface area is 214 Å². The van der Waals surface area contributed by atoms with Gasteiger partial charge in [0, 0.05) is 0 Å². The SMILES string of the molecule is [2H]C1=C([2H])C2Cc3c([2H])c([2H])c([2H])c([2H])c3Cc3c([2H])c([2H])c([2H])c(C(C)(C)C)c3Cc3c([2H])c([2H])c([2H])c([2H])c3CC2C([2H])=C1[2H]. The lowest BCUT2D eigenvalue weighted by Crippen LogP contribution is -2.21. The summed E-state index contributed by atoms with van der Waals surface area (Å²) in [5.74, 6) is -2.08. The molecule has 0 aliphatic heterocycles. The van der Waals surface area contributed by atoms with E-state index in [2.05, 4.69) is 0 Å². The third-order valence-electron chi connectivity index (χ3n) is 6.14. The first kappa shape index (κ1) is 9.96. The van der Waals surface area contributed by atoms with Crippen LogP contribution in [0.1, 0.15) is 80.3 Å². The quantitative estimate of drug-likeness (QED) is 0.342. The lowest BCUT2D eigenvalue weighted by molar-refractivity contribution is 0.462. The van der Waals surface area contributed by atoms with E-state index in [1.54, 1.807) is 0 Å². The van der Waals surface area contributed by atoms with E-state index in [1.807, 2.05) is 20.8 Å². The van der Waals surface area contributed by atoms with Crippen molar-refractivity contribution in [2.45, 2.75) is 51.9 Å².